The number of hydrogen-bond acceptors (Lipinski definition) is 4. The van der Waals surface area contributed by atoms with Crippen molar-refractivity contribution in [3.63, 3.8) is 0 Å². The van der Waals surface area contributed by atoms with Gasteiger partial charge in [-0.1, -0.05) is 18.2 Å². The molecule has 7 heteroatoms. The molecular weight excluding hydrogens is 430 g/mol. The molecule has 1 amide bonds. The Hall–Kier alpha value is -1.83. The van der Waals surface area contributed by atoms with Crippen molar-refractivity contribution in [2.75, 3.05) is 33.3 Å². The zero-order valence-corrected chi connectivity index (χ0v) is 19.3. The molecule has 3 heterocycles. The number of amides is 1. The molecule has 0 radical (unpaired) electrons. The van der Waals surface area contributed by atoms with Gasteiger partial charge in [0, 0.05) is 37.6 Å². The van der Waals surface area contributed by atoms with E-state index in [0.29, 0.717) is 31.2 Å². The van der Waals surface area contributed by atoms with Crippen molar-refractivity contribution in [2.45, 2.75) is 50.2 Å². The molecule has 172 valence electrons. The Labute approximate surface area is 192 Å². The van der Waals surface area contributed by atoms with Crippen molar-refractivity contribution < 1.29 is 18.3 Å². The molecule has 1 saturated heterocycles. The topological polar surface area (TPSA) is 32.8 Å². The van der Waals surface area contributed by atoms with Crippen molar-refractivity contribution >= 4 is 17.2 Å². The number of benzene rings is 1. The highest BCUT2D eigenvalue weighted by molar-refractivity contribution is 7.10. The molecule has 1 saturated carbocycles. The number of thiophene rings is 1. The predicted octanol–water partition coefficient (Wildman–Crippen LogP) is 4.37. The fourth-order valence-electron chi connectivity index (χ4n) is 5.26. The van der Waals surface area contributed by atoms with Gasteiger partial charge in [-0.05, 0) is 61.8 Å². The van der Waals surface area contributed by atoms with Crippen LogP contribution in [0.5, 0.6) is 0 Å². The summed E-state index contributed by atoms with van der Waals surface area (Å²) in [7, 11) is 1.88. The summed E-state index contributed by atoms with van der Waals surface area (Å²) in [6, 6.07) is 8.74. The Kier molecular flexibility index (Phi) is 6.07. The van der Waals surface area contributed by atoms with Crippen molar-refractivity contribution in [1.82, 2.24) is 9.80 Å². The Morgan fingerprint density at radius 3 is 2.75 bits per heavy atom. The van der Waals surface area contributed by atoms with Crippen LogP contribution in [0.15, 0.2) is 30.3 Å². The number of ether oxygens (including phenoxy) is 1. The van der Waals surface area contributed by atoms with Gasteiger partial charge in [-0.2, -0.15) is 4.39 Å². The van der Waals surface area contributed by atoms with Gasteiger partial charge in [-0.3, -0.25) is 4.79 Å². The smallest absolute Gasteiger partial charge is 0.227 e. The number of carbonyl (C=O) groups is 1. The third-order valence-corrected chi connectivity index (χ3v) is 8.45. The van der Waals surface area contributed by atoms with E-state index in [1.54, 1.807) is 18.2 Å². The molecule has 5 rings (SSSR count). The van der Waals surface area contributed by atoms with Crippen LogP contribution >= 0.6 is 11.3 Å². The summed E-state index contributed by atoms with van der Waals surface area (Å²) in [5.41, 5.74) is 1.29. The predicted molar refractivity (Wildman–Crippen MR) is 121 cm³/mol. The van der Waals surface area contributed by atoms with E-state index < -0.39 is 5.60 Å². The molecule has 0 bridgehead atoms. The molecular formula is C25H30F2N2O2S. The molecule has 1 spiro atoms. The maximum absolute atomic E-state index is 14.4. The second-order valence-corrected chi connectivity index (χ2v) is 10.5. The van der Waals surface area contributed by atoms with Gasteiger partial charge in [-0.25, -0.2) is 4.39 Å². The van der Waals surface area contributed by atoms with Crippen LogP contribution in [0.3, 0.4) is 0 Å². The van der Waals surface area contributed by atoms with Crippen molar-refractivity contribution in [2.24, 2.45) is 5.92 Å². The number of fused-ring (bicyclic) bond motifs is 2. The molecule has 0 N–H and O–H groups in total. The first kappa shape index (κ1) is 22.0. The number of halogens is 2. The molecule has 32 heavy (non-hydrogen) atoms. The van der Waals surface area contributed by atoms with Gasteiger partial charge in [0.25, 0.3) is 0 Å². The molecule has 1 aliphatic carbocycles. The quantitative estimate of drug-likeness (QED) is 0.642. The fraction of sp³-hybridized carbons (Fsp3) is 0.560. The second kappa shape index (κ2) is 8.84. The Balaban J connectivity index is 1.29. The van der Waals surface area contributed by atoms with Gasteiger partial charge in [0.05, 0.1) is 12.5 Å². The van der Waals surface area contributed by atoms with Gasteiger partial charge in [0.15, 0.2) is 5.13 Å². The summed E-state index contributed by atoms with van der Waals surface area (Å²) in [5, 5.41) is -0.138. The standard InChI is InChI=1S/C25H30F2N2O2S/c1-28(20-6-7-20)24(30)19(14-17-4-2-3-5-21(17)26)16-29-11-9-25(10-12-29)23-18(8-13-31-25)15-22(27)32-23/h2-5,15,19-20H,6-14,16H2,1H3. The maximum Gasteiger partial charge on any atom is 0.227 e. The van der Waals surface area contributed by atoms with Crippen LogP contribution in [-0.4, -0.2) is 55.0 Å². The van der Waals surface area contributed by atoms with Crippen molar-refractivity contribution in [3.8, 4) is 0 Å². The lowest BCUT2D eigenvalue weighted by atomic mass is 9.85. The minimum atomic E-state index is -0.394. The highest BCUT2D eigenvalue weighted by Gasteiger charge is 2.43. The van der Waals surface area contributed by atoms with E-state index in [9.17, 15) is 13.6 Å². The van der Waals surface area contributed by atoms with Crippen LogP contribution in [0.4, 0.5) is 8.78 Å². The first-order valence-corrected chi connectivity index (χ1v) is 12.4. The number of carbonyl (C=O) groups excluding carboxylic acids is 1. The Morgan fingerprint density at radius 2 is 2.03 bits per heavy atom. The summed E-state index contributed by atoms with van der Waals surface area (Å²) < 4.78 is 34.5. The van der Waals surface area contributed by atoms with E-state index in [-0.39, 0.29) is 22.8 Å². The molecule has 2 aromatic rings. The van der Waals surface area contributed by atoms with E-state index in [1.165, 1.54) is 17.4 Å². The molecule has 2 aliphatic heterocycles. The van der Waals surface area contributed by atoms with Gasteiger partial charge >= 0.3 is 0 Å². The summed E-state index contributed by atoms with van der Waals surface area (Å²) >= 11 is 1.22. The summed E-state index contributed by atoms with van der Waals surface area (Å²) in [4.78, 5) is 18.5. The second-order valence-electron chi connectivity index (χ2n) is 9.47. The van der Waals surface area contributed by atoms with Crippen LogP contribution in [0, 0.1) is 16.9 Å². The lowest BCUT2D eigenvalue weighted by Crippen LogP contribution is -2.49. The third kappa shape index (κ3) is 4.35. The first-order chi connectivity index (χ1) is 15.4. The molecule has 1 aromatic heterocycles. The molecule has 2 fully saturated rings. The average molecular weight is 461 g/mol. The molecule has 1 atom stereocenters. The average Bonchev–Trinajstić information content (AvgIpc) is 3.56. The van der Waals surface area contributed by atoms with Crippen molar-refractivity contribution in [1.29, 1.82) is 0 Å². The zero-order valence-electron chi connectivity index (χ0n) is 18.5. The van der Waals surface area contributed by atoms with Crippen LogP contribution in [0.25, 0.3) is 0 Å². The van der Waals surface area contributed by atoms with Gasteiger partial charge in [-0.15, -0.1) is 11.3 Å². The number of likely N-dealkylation sites (tertiary alicyclic amines) is 1. The maximum atomic E-state index is 14.4. The lowest BCUT2D eigenvalue weighted by Gasteiger charge is -2.44. The minimum Gasteiger partial charge on any atom is -0.369 e. The van der Waals surface area contributed by atoms with Crippen LogP contribution < -0.4 is 0 Å². The minimum absolute atomic E-state index is 0.104. The number of piperidine rings is 1. The fourth-order valence-corrected chi connectivity index (χ4v) is 6.39. The summed E-state index contributed by atoms with van der Waals surface area (Å²) in [6.07, 6.45) is 4.86. The molecule has 3 aliphatic rings. The van der Waals surface area contributed by atoms with Gasteiger partial charge in [0.2, 0.25) is 5.91 Å². The van der Waals surface area contributed by atoms with Crippen LogP contribution in [0.1, 0.15) is 41.7 Å². The zero-order chi connectivity index (χ0) is 22.3. The van der Waals surface area contributed by atoms with E-state index >= 15 is 0 Å². The lowest BCUT2D eigenvalue weighted by molar-refractivity contribution is -0.136. The van der Waals surface area contributed by atoms with Crippen molar-refractivity contribution in [3.05, 3.63) is 57.3 Å². The number of hydrogen-bond donors (Lipinski definition) is 0. The number of nitrogens with zero attached hydrogens (tertiary/aromatic N) is 2. The Bertz CT molecular complexity index is 982. The highest BCUT2D eigenvalue weighted by Crippen LogP contribution is 2.45. The molecule has 1 aromatic carbocycles. The highest BCUT2D eigenvalue weighted by atomic mass is 32.1. The first-order valence-electron chi connectivity index (χ1n) is 11.6. The summed E-state index contributed by atoms with van der Waals surface area (Å²) in [5.74, 6) is -0.430. The largest absolute Gasteiger partial charge is 0.369 e. The van der Waals surface area contributed by atoms with E-state index in [1.807, 2.05) is 18.0 Å². The summed E-state index contributed by atoms with van der Waals surface area (Å²) in [6.45, 7) is 2.80. The van der Waals surface area contributed by atoms with Crippen LogP contribution in [0.2, 0.25) is 0 Å². The van der Waals surface area contributed by atoms with E-state index in [0.717, 1.165) is 55.6 Å². The normalized spacial score (nSPS) is 21.3. The van der Waals surface area contributed by atoms with Gasteiger partial charge < -0.3 is 14.5 Å². The van der Waals surface area contributed by atoms with Gasteiger partial charge in [0.1, 0.15) is 11.4 Å². The monoisotopic (exact) mass is 460 g/mol. The van der Waals surface area contributed by atoms with E-state index in [4.69, 9.17) is 4.74 Å². The van der Waals surface area contributed by atoms with Crippen LogP contribution in [-0.2, 0) is 28.0 Å². The number of rotatable bonds is 6. The molecule has 4 nitrogen and oxygen atoms in total. The SMILES string of the molecule is CN(C(=O)C(Cc1ccccc1F)CN1CCC2(CC1)OCCc1cc(F)sc12)C1CC1. The molecule has 1 unspecified atom stereocenters. The van der Waals surface area contributed by atoms with E-state index in [2.05, 4.69) is 4.90 Å². The Morgan fingerprint density at radius 1 is 1.28 bits per heavy atom. The third-order valence-electron chi connectivity index (χ3n) is 7.30.